The Morgan fingerprint density at radius 3 is 2.58 bits per heavy atom. The smallest absolute Gasteiger partial charge is 0.302 e. The first kappa shape index (κ1) is 19.3. The maximum Gasteiger partial charge on any atom is 0.302 e. The topological polar surface area (TPSA) is 27.1 Å². The Kier molecular flexibility index (Phi) is 5.71. The Morgan fingerprint density at radius 2 is 1.96 bits per heavy atom. The van der Waals surface area contributed by atoms with Gasteiger partial charge in [-0.3, -0.25) is 4.57 Å². The Bertz CT molecular complexity index is 927. The summed E-state index contributed by atoms with van der Waals surface area (Å²) in [6.07, 6.45) is 0.952. The Morgan fingerprint density at radius 1 is 1.23 bits per heavy atom. The minimum Gasteiger partial charge on any atom is -0.424 e. The van der Waals surface area contributed by atoms with E-state index in [0.29, 0.717) is 21.8 Å². The molecular weight excluding hydrogens is 391 g/mol. The number of aromatic nitrogens is 2. The molecule has 1 heterocycles. The lowest BCUT2D eigenvalue weighted by Gasteiger charge is -2.19. The molecule has 138 valence electrons. The Labute approximate surface area is 168 Å². The van der Waals surface area contributed by atoms with Gasteiger partial charge in [0, 0.05) is 23.4 Å². The van der Waals surface area contributed by atoms with Crippen molar-refractivity contribution in [2.45, 2.75) is 38.5 Å². The van der Waals surface area contributed by atoms with Gasteiger partial charge in [-0.1, -0.05) is 42.3 Å². The van der Waals surface area contributed by atoms with Gasteiger partial charge < -0.3 is 4.74 Å². The van der Waals surface area contributed by atoms with Gasteiger partial charge in [-0.15, -0.1) is 11.6 Å². The quantitative estimate of drug-likeness (QED) is 0.418. The predicted molar refractivity (Wildman–Crippen MR) is 110 cm³/mol. The number of fused-ring (bicyclic) bond motifs is 1. The van der Waals surface area contributed by atoms with Crippen LogP contribution in [0.15, 0.2) is 30.3 Å². The number of benzene rings is 2. The van der Waals surface area contributed by atoms with Crippen molar-refractivity contribution < 1.29 is 4.74 Å². The maximum absolute atomic E-state index is 6.43. The molecule has 3 rings (SSSR count). The molecule has 3 aromatic rings. The van der Waals surface area contributed by atoms with E-state index in [2.05, 4.69) is 18.0 Å². The van der Waals surface area contributed by atoms with E-state index in [1.807, 2.05) is 43.7 Å². The van der Waals surface area contributed by atoms with Crippen LogP contribution in [-0.4, -0.2) is 14.9 Å². The van der Waals surface area contributed by atoms with E-state index in [4.69, 9.17) is 39.5 Å². The predicted octanol–water partition coefficient (Wildman–Crippen LogP) is 7.10. The number of halogens is 3. The van der Waals surface area contributed by atoms with E-state index >= 15 is 0 Å². The summed E-state index contributed by atoms with van der Waals surface area (Å²) in [7, 11) is 1.94. The first-order valence-electron chi connectivity index (χ1n) is 8.56. The summed E-state index contributed by atoms with van der Waals surface area (Å²) in [5.41, 5.74) is 3.94. The zero-order valence-corrected chi connectivity index (χ0v) is 17.5. The lowest BCUT2D eigenvalue weighted by molar-refractivity contribution is 0.425. The highest BCUT2D eigenvalue weighted by Crippen LogP contribution is 2.38. The van der Waals surface area contributed by atoms with Gasteiger partial charge >= 0.3 is 6.01 Å². The van der Waals surface area contributed by atoms with Gasteiger partial charge in [-0.2, -0.15) is 4.98 Å². The van der Waals surface area contributed by atoms with Crippen molar-refractivity contribution in [2.75, 3.05) is 0 Å². The maximum atomic E-state index is 6.43. The van der Waals surface area contributed by atoms with Gasteiger partial charge in [0.2, 0.25) is 0 Å². The van der Waals surface area contributed by atoms with Crippen LogP contribution in [0.1, 0.15) is 37.3 Å². The number of nitrogens with zero attached hydrogens (tertiary/aromatic N) is 2. The second-order valence-corrected chi connectivity index (χ2v) is 8.03. The molecule has 0 fully saturated rings. The van der Waals surface area contributed by atoms with E-state index < -0.39 is 0 Å². The van der Waals surface area contributed by atoms with Crippen LogP contribution in [0.2, 0.25) is 10.0 Å². The fraction of sp³-hybridized carbons (Fsp3) is 0.350. The first-order chi connectivity index (χ1) is 12.3. The number of aryl methyl sites for hydroxylation is 2. The van der Waals surface area contributed by atoms with E-state index in [1.165, 1.54) is 5.56 Å². The lowest BCUT2D eigenvalue weighted by atomic mass is 9.92. The summed E-state index contributed by atoms with van der Waals surface area (Å²) in [5.74, 6) is 0.804. The molecule has 0 bridgehead atoms. The van der Waals surface area contributed by atoms with Crippen molar-refractivity contribution >= 4 is 45.8 Å². The van der Waals surface area contributed by atoms with E-state index in [9.17, 15) is 0 Å². The number of hydrogen-bond donors (Lipinski definition) is 0. The molecule has 2 unspecified atom stereocenters. The number of ether oxygens (including phenoxy) is 1. The Hall–Kier alpha value is -1.42. The standard InChI is InChI=1S/C20H21Cl3N2O/c1-5-14(12(3)21)15-7-6-8-17-18(15)25(4)20(24-17)26-19-11(2)9-13(22)10-16(19)23/h6-10,12,14H,5H2,1-4H3. The number of rotatable bonds is 5. The minimum absolute atomic E-state index is 0.0258. The molecule has 0 aliphatic rings. The van der Waals surface area contributed by atoms with Crippen molar-refractivity contribution in [1.82, 2.24) is 9.55 Å². The van der Waals surface area contributed by atoms with Gasteiger partial charge in [0.1, 0.15) is 0 Å². The van der Waals surface area contributed by atoms with Crippen molar-refractivity contribution in [1.29, 1.82) is 0 Å². The molecule has 0 saturated heterocycles. The first-order valence-corrected chi connectivity index (χ1v) is 9.75. The number of hydrogen-bond acceptors (Lipinski definition) is 2. The zero-order valence-electron chi connectivity index (χ0n) is 15.2. The van der Waals surface area contributed by atoms with Crippen LogP contribution in [0.25, 0.3) is 11.0 Å². The van der Waals surface area contributed by atoms with Gasteiger partial charge in [0.15, 0.2) is 5.75 Å². The fourth-order valence-electron chi connectivity index (χ4n) is 3.37. The van der Waals surface area contributed by atoms with Gasteiger partial charge in [0.05, 0.1) is 16.1 Å². The van der Waals surface area contributed by atoms with Crippen molar-refractivity contribution in [2.24, 2.45) is 7.05 Å². The van der Waals surface area contributed by atoms with E-state index in [-0.39, 0.29) is 11.3 Å². The highest BCUT2D eigenvalue weighted by molar-refractivity contribution is 6.35. The third-order valence-corrected chi connectivity index (χ3v) is 5.47. The molecule has 0 aliphatic carbocycles. The SMILES string of the molecule is CCC(c1cccc2nc(Oc3c(C)cc(Cl)cc3Cl)n(C)c12)C(C)Cl. The summed E-state index contributed by atoms with van der Waals surface area (Å²) in [4.78, 5) is 4.65. The van der Waals surface area contributed by atoms with Crippen molar-refractivity contribution in [3.05, 3.63) is 51.5 Å². The average molecular weight is 412 g/mol. The van der Waals surface area contributed by atoms with E-state index in [1.54, 1.807) is 6.07 Å². The monoisotopic (exact) mass is 410 g/mol. The summed E-state index contributed by atoms with van der Waals surface area (Å²) in [5, 5.41) is 1.06. The second kappa shape index (κ2) is 7.67. The molecule has 1 aromatic heterocycles. The molecule has 6 heteroatoms. The minimum atomic E-state index is 0.0258. The molecule has 0 spiro atoms. The van der Waals surface area contributed by atoms with Crippen LogP contribution in [0, 0.1) is 6.92 Å². The summed E-state index contributed by atoms with van der Waals surface area (Å²) >= 11 is 18.8. The molecular formula is C20H21Cl3N2O. The largest absolute Gasteiger partial charge is 0.424 e. The van der Waals surface area contributed by atoms with Crippen LogP contribution in [0.3, 0.4) is 0 Å². The van der Waals surface area contributed by atoms with Crippen LogP contribution >= 0.6 is 34.8 Å². The molecule has 3 nitrogen and oxygen atoms in total. The third kappa shape index (κ3) is 3.53. The summed E-state index contributed by atoms with van der Waals surface area (Å²) in [6, 6.07) is 10.1. The molecule has 0 aliphatic heterocycles. The number of alkyl halides is 1. The van der Waals surface area contributed by atoms with Gasteiger partial charge in [-0.25, -0.2) is 0 Å². The molecule has 0 N–H and O–H groups in total. The number of imidazole rings is 1. The van der Waals surface area contributed by atoms with Crippen LogP contribution in [0.4, 0.5) is 0 Å². The summed E-state index contributed by atoms with van der Waals surface area (Å²) < 4.78 is 8.02. The van der Waals surface area contributed by atoms with E-state index in [0.717, 1.165) is 23.0 Å². The van der Waals surface area contributed by atoms with Crippen molar-refractivity contribution in [3.63, 3.8) is 0 Å². The molecule has 0 radical (unpaired) electrons. The normalized spacial score (nSPS) is 13.8. The fourth-order valence-corrected chi connectivity index (χ4v) is 4.32. The third-order valence-electron chi connectivity index (χ3n) is 4.67. The van der Waals surface area contributed by atoms with Crippen LogP contribution in [0.5, 0.6) is 11.8 Å². The zero-order chi connectivity index (χ0) is 19.0. The van der Waals surface area contributed by atoms with Crippen LogP contribution in [-0.2, 0) is 7.05 Å². The second-order valence-electron chi connectivity index (χ2n) is 6.50. The summed E-state index contributed by atoms with van der Waals surface area (Å²) in [6.45, 7) is 6.08. The van der Waals surface area contributed by atoms with Gasteiger partial charge in [-0.05, 0) is 49.6 Å². The molecule has 0 amide bonds. The van der Waals surface area contributed by atoms with Crippen molar-refractivity contribution in [3.8, 4) is 11.8 Å². The molecule has 0 saturated carbocycles. The lowest BCUT2D eigenvalue weighted by Crippen LogP contribution is -2.10. The average Bonchev–Trinajstić information content (AvgIpc) is 2.88. The Balaban J connectivity index is 2.11. The molecule has 26 heavy (non-hydrogen) atoms. The number of para-hydroxylation sites is 1. The molecule has 2 atom stereocenters. The van der Waals surface area contributed by atoms with Gasteiger partial charge in [0.25, 0.3) is 0 Å². The molecule has 2 aromatic carbocycles. The van der Waals surface area contributed by atoms with Crippen LogP contribution < -0.4 is 4.74 Å². The highest BCUT2D eigenvalue weighted by atomic mass is 35.5. The highest BCUT2D eigenvalue weighted by Gasteiger charge is 2.22.